The molecule has 4 amide bonds. The van der Waals surface area contributed by atoms with Crippen molar-refractivity contribution in [2.45, 2.75) is 29.5 Å². The summed E-state index contributed by atoms with van der Waals surface area (Å²) in [4.78, 5) is 45.2. The van der Waals surface area contributed by atoms with Crippen LogP contribution in [0.5, 0.6) is 0 Å². The molecule has 10 heteroatoms. The van der Waals surface area contributed by atoms with Gasteiger partial charge < -0.3 is 20.0 Å². The smallest absolute Gasteiger partial charge is 0.317 e. The first-order valence-corrected chi connectivity index (χ1v) is 12.8. The van der Waals surface area contributed by atoms with E-state index in [2.05, 4.69) is 5.32 Å². The van der Waals surface area contributed by atoms with Gasteiger partial charge in [0, 0.05) is 50.7 Å². The number of likely N-dealkylation sites (tertiary alicyclic amines) is 1. The third-order valence-corrected chi connectivity index (χ3v) is 7.86. The summed E-state index contributed by atoms with van der Waals surface area (Å²) in [5.74, 6) is -0.753. The highest BCUT2D eigenvalue weighted by atomic mass is 35.5. The second-order valence-electron chi connectivity index (χ2n) is 8.70. The van der Waals surface area contributed by atoms with Crippen LogP contribution in [-0.2, 0) is 16.1 Å². The van der Waals surface area contributed by atoms with Crippen molar-refractivity contribution in [3.05, 3.63) is 64.9 Å². The molecule has 0 spiro atoms. The van der Waals surface area contributed by atoms with Crippen molar-refractivity contribution in [2.75, 3.05) is 39.3 Å². The number of hydrogen-bond acceptors (Lipinski definition) is 4. The predicted molar refractivity (Wildman–Crippen MR) is 134 cm³/mol. The maximum Gasteiger partial charge on any atom is 0.317 e. The lowest BCUT2D eigenvalue weighted by Crippen LogP contribution is -2.57. The Kier molecular flexibility index (Phi) is 7.86. The summed E-state index contributed by atoms with van der Waals surface area (Å²) in [6, 6.07) is 13.8. The summed E-state index contributed by atoms with van der Waals surface area (Å²) in [6.45, 7) is 4.59. The predicted octanol–water partition coefficient (Wildman–Crippen LogP) is 3.62. The molecule has 0 radical (unpaired) electrons. The monoisotopic (exact) mass is 518 g/mol. The molecule has 7 nitrogen and oxygen atoms in total. The molecule has 2 saturated heterocycles. The van der Waals surface area contributed by atoms with Gasteiger partial charge in [-0.3, -0.25) is 9.59 Å². The molecule has 0 aliphatic carbocycles. The topological polar surface area (TPSA) is 73.0 Å². The number of carbonyl (C=O) groups is 3. The van der Waals surface area contributed by atoms with E-state index in [4.69, 9.17) is 11.6 Å². The van der Waals surface area contributed by atoms with Crippen molar-refractivity contribution in [2.24, 2.45) is 0 Å². The number of urea groups is 1. The Bertz CT molecular complexity index is 1100. The number of piperazine rings is 1. The summed E-state index contributed by atoms with van der Waals surface area (Å²) in [7, 11) is 0. The Hall–Kier alpha value is -2.78. The maximum absolute atomic E-state index is 13.9. The lowest BCUT2D eigenvalue weighted by atomic mass is 10.1. The van der Waals surface area contributed by atoms with Crippen molar-refractivity contribution in [3.8, 4) is 0 Å². The Morgan fingerprint density at radius 1 is 1.09 bits per heavy atom. The van der Waals surface area contributed by atoms with Gasteiger partial charge in [-0.15, -0.1) is 11.8 Å². The highest BCUT2D eigenvalue weighted by molar-refractivity contribution is 8.01. The number of amides is 4. The lowest BCUT2D eigenvalue weighted by Gasteiger charge is -2.39. The molecule has 2 aromatic carbocycles. The van der Waals surface area contributed by atoms with Gasteiger partial charge in [0.25, 0.3) is 0 Å². The summed E-state index contributed by atoms with van der Waals surface area (Å²) < 4.78 is 12.6. The minimum Gasteiger partial charge on any atom is -0.338 e. The van der Waals surface area contributed by atoms with E-state index in [1.165, 1.54) is 23.9 Å². The van der Waals surface area contributed by atoms with Gasteiger partial charge >= 0.3 is 6.03 Å². The van der Waals surface area contributed by atoms with Crippen molar-refractivity contribution < 1.29 is 18.8 Å². The van der Waals surface area contributed by atoms with E-state index >= 15 is 0 Å². The van der Waals surface area contributed by atoms with Gasteiger partial charge in [-0.2, -0.15) is 0 Å². The SMILES string of the molecule is CCNC(=O)N1CCN(C(=O)C2(Sc3ccccc3)CC(=O)N(Cc3ccc(F)c(Cl)c3)C2)CC1. The molecule has 2 fully saturated rings. The molecule has 1 unspecified atom stereocenters. The van der Waals surface area contributed by atoms with Crippen molar-refractivity contribution in [1.29, 1.82) is 0 Å². The first kappa shape index (κ1) is 25.3. The maximum atomic E-state index is 13.9. The fourth-order valence-electron chi connectivity index (χ4n) is 4.44. The van der Waals surface area contributed by atoms with Crippen LogP contribution in [0.3, 0.4) is 0 Å². The highest BCUT2D eigenvalue weighted by Gasteiger charge is 2.51. The van der Waals surface area contributed by atoms with Crippen LogP contribution in [-0.4, -0.2) is 76.6 Å². The van der Waals surface area contributed by atoms with Crippen LogP contribution in [0, 0.1) is 5.82 Å². The zero-order valence-corrected chi connectivity index (χ0v) is 21.1. The number of halogens is 2. The van der Waals surface area contributed by atoms with Crippen LogP contribution in [0.2, 0.25) is 5.02 Å². The molecule has 2 aliphatic rings. The fourth-order valence-corrected chi connectivity index (χ4v) is 6.02. The number of carbonyl (C=O) groups excluding carboxylic acids is 3. The van der Waals surface area contributed by atoms with Crippen molar-refractivity contribution >= 4 is 41.2 Å². The third kappa shape index (κ3) is 5.73. The quantitative estimate of drug-likeness (QED) is 0.634. The minimum atomic E-state index is -0.990. The largest absolute Gasteiger partial charge is 0.338 e. The molecule has 1 N–H and O–H groups in total. The van der Waals surface area contributed by atoms with Gasteiger partial charge in [0.05, 0.1) is 11.4 Å². The Morgan fingerprint density at radius 3 is 2.43 bits per heavy atom. The van der Waals surface area contributed by atoms with Crippen LogP contribution in [0.4, 0.5) is 9.18 Å². The number of nitrogens with one attached hydrogen (secondary N) is 1. The minimum absolute atomic E-state index is 0.000118. The van der Waals surface area contributed by atoms with E-state index in [1.54, 1.807) is 20.8 Å². The Balaban J connectivity index is 1.53. The molecule has 186 valence electrons. The molecular formula is C25H28ClFN4O3S. The van der Waals surface area contributed by atoms with E-state index in [1.807, 2.05) is 37.3 Å². The van der Waals surface area contributed by atoms with E-state index < -0.39 is 10.6 Å². The Labute approximate surface area is 213 Å². The van der Waals surface area contributed by atoms with Gasteiger partial charge in [-0.05, 0) is 36.8 Å². The highest BCUT2D eigenvalue weighted by Crippen LogP contribution is 2.43. The molecule has 0 saturated carbocycles. The van der Waals surface area contributed by atoms with E-state index in [0.717, 1.165) is 4.90 Å². The second-order valence-corrected chi connectivity index (χ2v) is 10.6. The van der Waals surface area contributed by atoms with Crippen molar-refractivity contribution in [1.82, 2.24) is 20.0 Å². The fraction of sp³-hybridized carbons (Fsp3) is 0.400. The normalized spacial score (nSPS) is 20.3. The van der Waals surface area contributed by atoms with Gasteiger partial charge in [0.1, 0.15) is 10.6 Å². The first-order valence-electron chi connectivity index (χ1n) is 11.6. The number of rotatable bonds is 6. The number of hydrogen-bond donors (Lipinski definition) is 1. The number of thioether (sulfide) groups is 1. The third-order valence-electron chi connectivity index (χ3n) is 6.22. The summed E-state index contributed by atoms with van der Waals surface area (Å²) in [5, 5.41) is 2.79. The summed E-state index contributed by atoms with van der Waals surface area (Å²) >= 11 is 7.34. The van der Waals surface area contributed by atoms with E-state index in [0.29, 0.717) is 38.3 Å². The average Bonchev–Trinajstić information content (AvgIpc) is 3.17. The van der Waals surface area contributed by atoms with Gasteiger partial charge in [-0.25, -0.2) is 9.18 Å². The molecule has 0 bridgehead atoms. The lowest BCUT2D eigenvalue weighted by molar-refractivity contribution is -0.135. The molecule has 1 atom stereocenters. The summed E-state index contributed by atoms with van der Waals surface area (Å²) in [5.41, 5.74) is 0.702. The molecule has 4 rings (SSSR count). The zero-order valence-electron chi connectivity index (χ0n) is 19.5. The Morgan fingerprint density at radius 2 is 1.77 bits per heavy atom. The number of nitrogens with zero attached hydrogens (tertiary/aromatic N) is 3. The van der Waals surface area contributed by atoms with Crippen molar-refractivity contribution in [3.63, 3.8) is 0 Å². The van der Waals surface area contributed by atoms with Crippen LogP contribution < -0.4 is 5.32 Å². The van der Waals surface area contributed by atoms with Gasteiger partial charge in [0.2, 0.25) is 11.8 Å². The number of benzene rings is 2. The van der Waals surface area contributed by atoms with E-state index in [-0.39, 0.29) is 42.4 Å². The molecular weight excluding hydrogens is 491 g/mol. The summed E-state index contributed by atoms with van der Waals surface area (Å²) in [6.07, 6.45) is 0.0663. The molecule has 0 aromatic heterocycles. The average molecular weight is 519 g/mol. The van der Waals surface area contributed by atoms with Gasteiger partial charge in [0.15, 0.2) is 0 Å². The van der Waals surface area contributed by atoms with Crippen LogP contribution >= 0.6 is 23.4 Å². The molecule has 2 aliphatic heterocycles. The first-order chi connectivity index (χ1) is 16.8. The van der Waals surface area contributed by atoms with Crippen LogP contribution in [0.15, 0.2) is 53.4 Å². The molecule has 2 aromatic rings. The zero-order chi connectivity index (χ0) is 25.0. The second kappa shape index (κ2) is 10.9. The van der Waals surface area contributed by atoms with E-state index in [9.17, 15) is 18.8 Å². The molecule has 35 heavy (non-hydrogen) atoms. The van der Waals surface area contributed by atoms with Gasteiger partial charge in [-0.1, -0.05) is 35.9 Å². The molecule has 2 heterocycles. The standard InChI is InChI=1S/C25H28ClFN4O3S/c1-2-28-24(34)30-12-10-29(11-13-30)23(33)25(35-19-6-4-3-5-7-19)15-22(32)31(17-25)16-18-8-9-21(27)20(26)14-18/h3-9,14H,2,10-13,15-17H2,1H3,(H,28,34). The van der Waals surface area contributed by atoms with Crippen LogP contribution in [0.1, 0.15) is 18.9 Å². The van der Waals surface area contributed by atoms with Crippen LogP contribution in [0.25, 0.3) is 0 Å².